The van der Waals surface area contributed by atoms with E-state index in [0.29, 0.717) is 18.6 Å². The second-order valence-electron chi connectivity index (χ2n) is 6.09. The molecule has 1 aromatic carbocycles. The van der Waals surface area contributed by atoms with Gasteiger partial charge in [0.15, 0.2) is 0 Å². The van der Waals surface area contributed by atoms with Gasteiger partial charge in [0.05, 0.1) is 6.61 Å². The van der Waals surface area contributed by atoms with Crippen molar-refractivity contribution in [2.45, 2.75) is 38.1 Å². The minimum atomic E-state index is -0.339. The highest BCUT2D eigenvalue weighted by Crippen LogP contribution is 2.31. The van der Waals surface area contributed by atoms with Crippen molar-refractivity contribution < 1.29 is 9.53 Å². The standard InChI is InChI=1S/C17H24N2O2/c20-17(18-15-8-2-1-3-9-15)21-13-14-7-6-12-19-11-5-4-10-16(14)19/h1-3,8-9,14,16H,4-7,10-13H2,(H,18,20)/t14-,16-/m0/s1. The summed E-state index contributed by atoms with van der Waals surface area (Å²) in [5.41, 5.74) is 0.783. The van der Waals surface area contributed by atoms with Crippen LogP contribution in [0.5, 0.6) is 0 Å². The number of benzene rings is 1. The molecule has 114 valence electrons. The molecule has 1 aromatic rings. The third-order valence-electron chi connectivity index (χ3n) is 4.68. The summed E-state index contributed by atoms with van der Waals surface area (Å²) in [5, 5.41) is 2.78. The van der Waals surface area contributed by atoms with E-state index in [-0.39, 0.29) is 6.09 Å². The summed E-state index contributed by atoms with van der Waals surface area (Å²) in [4.78, 5) is 14.5. The third kappa shape index (κ3) is 3.76. The van der Waals surface area contributed by atoms with E-state index in [1.807, 2.05) is 30.3 Å². The van der Waals surface area contributed by atoms with Crippen LogP contribution in [0, 0.1) is 5.92 Å². The molecule has 2 aliphatic heterocycles. The van der Waals surface area contributed by atoms with Crippen molar-refractivity contribution >= 4 is 11.8 Å². The quantitative estimate of drug-likeness (QED) is 0.925. The lowest BCUT2D eigenvalue weighted by atomic mass is 9.84. The lowest BCUT2D eigenvalue weighted by molar-refractivity contribution is 0.0261. The molecule has 0 saturated carbocycles. The van der Waals surface area contributed by atoms with Gasteiger partial charge in [0.25, 0.3) is 0 Å². The van der Waals surface area contributed by atoms with Crippen molar-refractivity contribution in [3.8, 4) is 0 Å². The maximum Gasteiger partial charge on any atom is 0.411 e. The van der Waals surface area contributed by atoms with Crippen LogP contribution in [0.4, 0.5) is 10.5 Å². The zero-order chi connectivity index (χ0) is 14.5. The highest BCUT2D eigenvalue weighted by molar-refractivity contribution is 5.84. The van der Waals surface area contributed by atoms with Crippen molar-refractivity contribution in [3.05, 3.63) is 30.3 Å². The van der Waals surface area contributed by atoms with Crippen LogP contribution in [0.1, 0.15) is 32.1 Å². The fraction of sp³-hybridized carbons (Fsp3) is 0.588. The van der Waals surface area contributed by atoms with Crippen LogP contribution in [0.2, 0.25) is 0 Å². The molecular weight excluding hydrogens is 264 g/mol. The molecule has 4 nitrogen and oxygen atoms in total. The Labute approximate surface area is 126 Å². The second-order valence-corrected chi connectivity index (χ2v) is 6.09. The Morgan fingerprint density at radius 1 is 1.14 bits per heavy atom. The van der Waals surface area contributed by atoms with Gasteiger partial charge in [-0.05, 0) is 50.9 Å². The van der Waals surface area contributed by atoms with Crippen molar-refractivity contribution in [1.29, 1.82) is 0 Å². The fourth-order valence-corrected chi connectivity index (χ4v) is 3.63. The molecule has 1 amide bonds. The summed E-state index contributed by atoms with van der Waals surface area (Å²) in [6.07, 6.45) is 5.96. The topological polar surface area (TPSA) is 41.6 Å². The van der Waals surface area contributed by atoms with Gasteiger partial charge in [-0.3, -0.25) is 10.2 Å². The van der Waals surface area contributed by atoms with E-state index in [1.165, 1.54) is 45.2 Å². The maximum absolute atomic E-state index is 11.9. The van der Waals surface area contributed by atoms with Gasteiger partial charge in [0.2, 0.25) is 0 Å². The molecule has 2 atom stereocenters. The molecule has 1 N–H and O–H groups in total. The number of nitrogens with zero attached hydrogens (tertiary/aromatic N) is 1. The molecule has 0 unspecified atom stereocenters. The summed E-state index contributed by atoms with van der Waals surface area (Å²) in [6, 6.07) is 10.1. The molecule has 4 heteroatoms. The first kappa shape index (κ1) is 14.4. The molecular formula is C17H24N2O2. The molecule has 2 aliphatic rings. The van der Waals surface area contributed by atoms with E-state index in [4.69, 9.17) is 4.74 Å². The van der Waals surface area contributed by atoms with Gasteiger partial charge in [-0.1, -0.05) is 24.6 Å². The van der Waals surface area contributed by atoms with E-state index in [0.717, 1.165) is 5.69 Å². The van der Waals surface area contributed by atoms with Gasteiger partial charge < -0.3 is 4.74 Å². The molecule has 3 rings (SSSR count). The predicted octanol–water partition coefficient (Wildman–Crippen LogP) is 3.50. The Hall–Kier alpha value is -1.55. The summed E-state index contributed by atoms with van der Waals surface area (Å²) in [5.74, 6) is 0.501. The van der Waals surface area contributed by atoms with Gasteiger partial charge in [-0.15, -0.1) is 0 Å². The SMILES string of the molecule is O=C(Nc1ccccc1)OC[C@@H]1CCCN2CCCC[C@@H]12. The monoisotopic (exact) mass is 288 g/mol. The van der Waals surface area contributed by atoms with Crippen molar-refractivity contribution in [2.24, 2.45) is 5.92 Å². The molecule has 0 radical (unpaired) electrons. The summed E-state index contributed by atoms with van der Waals surface area (Å²) in [6.45, 7) is 2.98. The summed E-state index contributed by atoms with van der Waals surface area (Å²) >= 11 is 0. The number of nitrogens with one attached hydrogen (secondary N) is 1. The molecule has 0 spiro atoms. The average molecular weight is 288 g/mol. The Morgan fingerprint density at radius 2 is 1.95 bits per heavy atom. The highest BCUT2D eigenvalue weighted by Gasteiger charge is 2.33. The molecule has 0 aliphatic carbocycles. The Bertz CT molecular complexity index is 461. The number of ether oxygens (including phenoxy) is 1. The Morgan fingerprint density at radius 3 is 2.81 bits per heavy atom. The minimum Gasteiger partial charge on any atom is -0.449 e. The molecule has 2 fully saturated rings. The van der Waals surface area contributed by atoms with Crippen molar-refractivity contribution in [3.63, 3.8) is 0 Å². The number of carbonyl (C=O) groups is 1. The number of fused-ring (bicyclic) bond motifs is 1. The van der Waals surface area contributed by atoms with E-state index >= 15 is 0 Å². The number of amides is 1. The van der Waals surface area contributed by atoms with Gasteiger partial charge in [0, 0.05) is 17.6 Å². The average Bonchev–Trinajstić information content (AvgIpc) is 2.54. The van der Waals surface area contributed by atoms with Gasteiger partial charge in [-0.25, -0.2) is 4.79 Å². The lowest BCUT2D eigenvalue weighted by Gasteiger charge is -2.44. The smallest absolute Gasteiger partial charge is 0.411 e. The van der Waals surface area contributed by atoms with Crippen LogP contribution in [0.25, 0.3) is 0 Å². The molecule has 21 heavy (non-hydrogen) atoms. The van der Waals surface area contributed by atoms with Gasteiger partial charge >= 0.3 is 6.09 Å². The second kappa shape index (κ2) is 6.94. The summed E-state index contributed by atoms with van der Waals surface area (Å²) < 4.78 is 5.46. The van der Waals surface area contributed by atoms with Crippen LogP contribution in [0.3, 0.4) is 0 Å². The maximum atomic E-state index is 11.9. The largest absolute Gasteiger partial charge is 0.449 e. The number of carbonyl (C=O) groups excluding carboxylic acids is 1. The number of rotatable bonds is 3. The van der Waals surface area contributed by atoms with Crippen LogP contribution < -0.4 is 5.32 Å². The van der Waals surface area contributed by atoms with Crippen LogP contribution in [-0.4, -0.2) is 36.7 Å². The number of hydrogen-bond acceptors (Lipinski definition) is 3. The molecule has 2 heterocycles. The number of piperidine rings is 2. The zero-order valence-corrected chi connectivity index (χ0v) is 12.5. The van der Waals surface area contributed by atoms with E-state index in [2.05, 4.69) is 10.2 Å². The number of para-hydroxylation sites is 1. The molecule has 2 saturated heterocycles. The third-order valence-corrected chi connectivity index (χ3v) is 4.68. The normalized spacial score (nSPS) is 25.9. The first-order valence-corrected chi connectivity index (χ1v) is 8.06. The molecule has 0 bridgehead atoms. The van der Waals surface area contributed by atoms with Crippen LogP contribution in [-0.2, 0) is 4.74 Å². The first-order chi connectivity index (χ1) is 10.3. The Balaban J connectivity index is 1.48. The van der Waals surface area contributed by atoms with Gasteiger partial charge in [0.1, 0.15) is 0 Å². The highest BCUT2D eigenvalue weighted by atomic mass is 16.5. The van der Waals surface area contributed by atoms with E-state index in [9.17, 15) is 4.79 Å². The Kier molecular flexibility index (Phi) is 4.76. The van der Waals surface area contributed by atoms with E-state index < -0.39 is 0 Å². The number of anilines is 1. The number of hydrogen-bond donors (Lipinski definition) is 1. The minimum absolute atomic E-state index is 0.339. The van der Waals surface area contributed by atoms with Crippen LogP contribution in [0.15, 0.2) is 30.3 Å². The van der Waals surface area contributed by atoms with Gasteiger partial charge in [-0.2, -0.15) is 0 Å². The summed E-state index contributed by atoms with van der Waals surface area (Å²) in [7, 11) is 0. The molecule has 0 aromatic heterocycles. The first-order valence-electron chi connectivity index (χ1n) is 8.06. The van der Waals surface area contributed by atoms with Crippen LogP contribution >= 0.6 is 0 Å². The predicted molar refractivity (Wildman–Crippen MR) is 83.3 cm³/mol. The fourth-order valence-electron chi connectivity index (χ4n) is 3.63. The van der Waals surface area contributed by atoms with Crippen molar-refractivity contribution in [2.75, 3.05) is 25.0 Å². The van der Waals surface area contributed by atoms with Crippen molar-refractivity contribution in [1.82, 2.24) is 4.90 Å². The van der Waals surface area contributed by atoms with E-state index in [1.54, 1.807) is 0 Å². The lowest BCUT2D eigenvalue weighted by Crippen LogP contribution is -2.49. The zero-order valence-electron chi connectivity index (χ0n) is 12.5.